The molecule has 1 aliphatic heterocycles. The zero-order valence-electron chi connectivity index (χ0n) is 16.5. The lowest BCUT2D eigenvalue weighted by Gasteiger charge is -2.41. The van der Waals surface area contributed by atoms with Crippen molar-refractivity contribution in [1.82, 2.24) is 5.32 Å². The molecule has 0 bridgehead atoms. The highest BCUT2D eigenvalue weighted by Gasteiger charge is 2.41. The van der Waals surface area contributed by atoms with Gasteiger partial charge in [0.2, 0.25) is 0 Å². The van der Waals surface area contributed by atoms with Crippen LogP contribution in [0, 0.1) is 6.92 Å². The lowest BCUT2D eigenvalue weighted by molar-refractivity contribution is -0.0416. The molecule has 0 spiro atoms. The van der Waals surface area contributed by atoms with E-state index in [2.05, 4.69) is 66.8 Å². The number of hydrogen-bond donors (Lipinski definition) is 2. The summed E-state index contributed by atoms with van der Waals surface area (Å²) in [6.07, 6.45) is -0.565. The number of aliphatic hydroxyl groups excluding tert-OH is 1. The largest absolute Gasteiger partial charge is 0.389 e. The average molecular weight is 373 g/mol. The molecule has 28 heavy (non-hydrogen) atoms. The maximum atomic E-state index is 10.4. The molecule has 3 heteroatoms. The van der Waals surface area contributed by atoms with Gasteiger partial charge >= 0.3 is 0 Å². The van der Waals surface area contributed by atoms with Crippen LogP contribution in [0.25, 0.3) is 11.1 Å². The van der Waals surface area contributed by atoms with Gasteiger partial charge in [0.25, 0.3) is 0 Å². The minimum Gasteiger partial charge on any atom is -0.389 e. The number of aryl methyl sites for hydroxylation is 1. The molecule has 4 rings (SSSR count). The van der Waals surface area contributed by atoms with Gasteiger partial charge in [-0.2, -0.15) is 0 Å². The van der Waals surface area contributed by atoms with Crippen LogP contribution in [0.3, 0.4) is 0 Å². The van der Waals surface area contributed by atoms with Gasteiger partial charge in [0.15, 0.2) is 0 Å². The maximum absolute atomic E-state index is 10.4. The summed E-state index contributed by atoms with van der Waals surface area (Å²) in [5.74, 6) is 0. The monoisotopic (exact) mass is 373 g/mol. The standard InChI is InChI=1S/C25H27NO2/c1-18-8-7-9-20(16-18)22-11-4-6-13-24(22)25(17-26-14-15-28-25)23-12-5-3-10-21(23)19(2)27/h3-13,16,19,26-27H,14-15,17H2,1-2H3. The summed E-state index contributed by atoms with van der Waals surface area (Å²) >= 11 is 0. The lowest BCUT2D eigenvalue weighted by atomic mass is 9.78. The Balaban J connectivity index is 1.96. The smallest absolute Gasteiger partial charge is 0.131 e. The van der Waals surface area contributed by atoms with Gasteiger partial charge in [0.1, 0.15) is 5.60 Å². The normalized spacial score (nSPS) is 20.7. The molecule has 144 valence electrons. The zero-order chi connectivity index (χ0) is 19.6. The van der Waals surface area contributed by atoms with Crippen LogP contribution in [-0.4, -0.2) is 24.8 Å². The van der Waals surface area contributed by atoms with Crippen LogP contribution in [0.5, 0.6) is 0 Å². The van der Waals surface area contributed by atoms with Crippen LogP contribution in [0.2, 0.25) is 0 Å². The Hall–Kier alpha value is -2.46. The van der Waals surface area contributed by atoms with E-state index in [1.54, 1.807) is 0 Å². The summed E-state index contributed by atoms with van der Waals surface area (Å²) in [5, 5.41) is 14.0. The van der Waals surface area contributed by atoms with E-state index in [1.165, 1.54) is 11.1 Å². The third kappa shape index (κ3) is 3.37. The van der Waals surface area contributed by atoms with Gasteiger partial charge in [0, 0.05) is 13.1 Å². The van der Waals surface area contributed by atoms with Crippen LogP contribution in [0.15, 0.2) is 72.8 Å². The molecule has 0 saturated carbocycles. The third-order valence-electron chi connectivity index (χ3n) is 5.54. The highest BCUT2D eigenvalue weighted by molar-refractivity contribution is 5.70. The summed E-state index contributed by atoms with van der Waals surface area (Å²) < 4.78 is 6.55. The van der Waals surface area contributed by atoms with E-state index in [4.69, 9.17) is 4.74 Å². The molecule has 1 saturated heterocycles. The zero-order valence-corrected chi connectivity index (χ0v) is 16.5. The minimum absolute atomic E-state index is 0.565. The van der Waals surface area contributed by atoms with E-state index < -0.39 is 11.7 Å². The Morgan fingerprint density at radius 3 is 2.43 bits per heavy atom. The summed E-state index contributed by atoms with van der Waals surface area (Å²) in [6.45, 7) is 6.04. The fraction of sp³-hybridized carbons (Fsp3) is 0.280. The summed E-state index contributed by atoms with van der Waals surface area (Å²) in [6, 6.07) is 25.1. The van der Waals surface area contributed by atoms with Crippen molar-refractivity contribution < 1.29 is 9.84 Å². The molecule has 0 aromatic heterocycles. The minimum atomic E-state index is -0.647. The number of morpholine rings is 1. The van der Waals surface area contributed by atoms with Gasteiger partial charge < -0.3 is 15.2 Å². The SMILES string of the molecule is Cc1cccc(-c2ccccc2C2(c3ccccc3C(C)O)CNCCO2)c1. The number of hydrogen-bond acceptors (Lipinski definition) is 3. The Morgan fingerprint density at radius 1 is 0.964 bits per heavy atom. The number of nitrogens with one attached hydrogen (secondary N) is 1. The van der Waals surface area contributed by atoms with Crippen LogP contribution in [0.1, 0.15) is 35.3 Å². The molecule has 2 N–H and O–H groups in total. The maximum Gasteiger partial charge on any atom is 0.131 e. The molecule has 1 heterocycles. The summed E-state index contributed by atoms with van der Waals surface area (Å²) in [7, 11) is 0. The fourth-order valence-electron chi connectivity index (χ4n) is 4.23. The lowest BCUT2D eigenvalue weighted by Crippen LogP contribution is -2.49. The van der Waals surface area contributed by atoms with Crippen molar-refractivity contribution in [2.24, 2.45) is 0 Å². The van der Waals surface area contributed by atoms with Crippen molar-refractivity contribution in [2.45, 2.75) is 25.6 Å². The van der Waals surface area contributed by atoms with E-state index in [-0.39, 0.29) is 0 Å². The second kappa shape index (κ2) is 7.88. The van der Waals surface area contributed by atoms with Crippen LogP contribution in [-0.2, 0) is 10.3 Å². The van der Waals surface area contributed by atoms with Gasteiger partial charge in [-0.15, -0.1) is 0 Å². The Bertz CT molecular complexity index is 958. The molecule has 3 nitrogen and oxygen atoms in total. The fourth-order valence-corrected chi connectivity index (χ4v) is 4.23. The van der Waals surface area contributed by atoms with E-state index >= 15 is 0 Å². The third-order valence-corrected chi connectivity index (χ3v) is 5.54. The van der Waals surface area contributed by atoms with Crippen LogP contribution < -0.4 is 5.32 Å². The first-order chi connectivity index (χ1) is 13.6. The number of ether oxygens (including phenoxy) is 1. The van der Waals surface area contributed by atoms with Crippen molar-refractivity contribution in [2.75, 3.05) is 19.7 Å². The van der Waals surface area contributed by atoms with E-state index in [1.807, 2.05) is 25.1 Å². The van der Waals surface area contributed by atoms with E-state index in [0.717, 1.165) is 28.8 Å². The van der Waals surface area contributed by atoms with Crippen molar-refractivity contribution >= 4 is 0 Å². The van der Waals surface area contributed by atoms with Crippen molar-refractivity contribution in [3.05, 3.63) is 95.1 Å². The summed E-state index contributed by atoms with van der Waals surface area (Å²) in [4.78, 5) is 0. The Morgan fingerprint density at radius 2 is 1.71 bits per heavy atom. The van der Waals surface area contributed by atoms with E-state index in [0.29, 0.717) is 13.2 Å². The average Bonchev–Trinajstić information content (AvgIpc) is 2.74. The van der Waals surface area contributed by atoms with Gasteiger partial charge in [-0.05, 0) is 41.7 Å². The first-order valence-electron chi connectivity index (χ1n) is 9.90. The van der Waals surface area contributed by atoms with Gasteiger partial charge in [-0.25, -0.2) is 0 Å². The molecule has 1 aliphatic rings. The molecular weight excluding hydrogens is 346 g/mol. The first-order valence-corrected chi connectivity index (χ1v) is 9.90. The molecule has 1 fully saturated rings. The molecule has 2 unspecified atom stereocenters. The van der Waals surface area contributed by atoms with E-state index in [9.17, 15) is 5.11 Å². The van der Waals surface area contributed by atoms with Gasteiger partial charge in [-0.1, -0.05) is 78.4 Å². The Labute approximate surface area is 167 Å². The van der Waals surface area contributed by atoms with Gasteiger partial charge in [-0.3, -0.25) is 0 Å². The van der Waals surface area contributed by atoms with Crippen molar-refractivity contribution in [3.8, 4) is 11.1 Å². The number of aliphatic hydroxyl groups is 1. The second-order valence-electron chi connectivity index (χ2n) is 7.53. The number of benzene rings is 3. The van der Waals surface area contributed by atoms with Crippen LogP contribution >= 0.6 is 0 Å². The molecule has 2 atom stereocenters. The molecule has 0 aliphatic carbocycles. The van der Waals surface area contributed by atoms with Crippen molar-refractivity contribution in [3.63, 3.8) is 0 Å². The molecule has 3 aromatic carbocycles. The predicted molar refractivity (Wildman–Crippen MR) is 113 cm³/mol. The van der Waals surface area contributed by atoms with Crippen LogP contribution in [0.4, 0.5) is 0 Å². The number of rotatable bonds is 4. The first kappa shape index (κ1) is 18.9. The molecule has 0 radical (unpaired) electrons. The quantitative estimate of drug-likeness (QED) is 0.703. The van der Waals surface area contributed by atoms with Gasteiger partial charge in [0.05, 0.1) is 12.7 Å². The highest BCUT2D eigenvalue weighted by Crippen LogP contribution is 2.42. The highest BCUT2D eigenvalue weighted by atomic mass is 16.5. The summed E-state index contributed by atoms with van der Waals surface area (Å²) in [5.41, 5.74) is 5.98. The molecule has 0 amide bonds. The topological polar surface area (TPSA) is 41.5 Å². The Kier molecular flexibility index (Phi) is 5.31. The molecular formula is C25H27NO2. The molecule has 3 aromatic rings. The van der Waals surface area contributed by atoms with Crippen molar-refractivity contribution in [1.29, 1.82) is 0 Å². The second-order valence-corrected chi connectivity index (χ2v) is 7.53. The predicted octanol–water partition coefficient (Wildman–Crippen LogP) is 4.58.